The number of aliphatic hydroxyl groups is 1. The van der Waals surface area contributed by atoms with E-state index < -0.39 is 0 Å². The second kappa shape index (κ2) is 5.58. The molecule has 1 heterocycles. The van der Waals surface area contributed by atoms with E-state index in [1.54, 1.807) is 11.3 Å². The average Bonchev–Trinajstić information content (AvgIpc) is 2.59. The molecule has 0 amide bonds. The lowest BCUT2D eigenvalue weighted by atomic mass is 10.2. The van der Waals surface area contributed by atoms with Gasteiger partial charge in [-0.2, -0.15) is 0 Å². The van der Waals surface area contributed by atoms with Crippen LogP contribution in [0.5, 0.6) is 0 Å². The molecule has 1 aromatic heterocycles. The van der Waals surface area contributed by atoms with E-state index in [-0.39, 0.29) is 6.61 Å². The first kappa shape index (κ1) is 12.5. The number of aromatic nitrogens is 1. The summed E-state index contributed by atoms with van der Waals surface area (Å²) in [5.41, 5.74) is 2.43. The van der Waals surface area contributed by atoms with Crippen molar-refractivity contribution < 1.29 is 5.11 Å². The maximum Gasteiger partial charge on any atom is 0.161 e. The fraction of sp³-hybridized carbons (Fsp3) is 0.308. The molecule has 0 spiro atoms. The molecule has 0 bridgehead atoms. The highest BCUT2D eigenvalue weighted by Gasteiger charge is 2.08. The molecule has 0 saturated heterocycles. The lowest BCUT2D eigenvalue weighted by molar-refractivity contribution is 0.300. The second-order valence-corrected chi connectivity index (χ2v) is 5.65. The third-order valence-electron chi connectivity index (χ3n) is 2.76. The molecule has 0 aliphatic rings. The molecule has 1 aromatic carbocycles. The van der Waals surface area contributed by atoms with E-state index in [1.807, 2.05) is 18.2 Å². The predicted molar refractivity (Wildman–Crippen MR) is 74.2 cm³/mol. The van der Waals surface area contributed by atoms with Gasteiger partial charge in [0.05, 0.1) is 0 Å². The topological polar surface area (TPSA) is 25.2 Å². The molecule has 0 radical (unpaired) electrons. The summed E-state index contributed by atoms with van der Waals surface area (Å²) < 4.78 is 3.02. The SMILES string of the molecule is Cc1c(CCO)sc(=S)n1Cc1ccccc1. The van der Waals surface area contributed by atoms with Crippen LogP contribution in [0, 0.1) is 10.9 Å². The van der Waals surface area contributed by atoms with E-state index in [0.717, 1.165) is 10.5 Å². The number of benzene rings is 1. The Morgan fingerprint density at radius 2 is 2.00 bits per heavy atom. The summed E-state index contributed by atoms with van der Waals surface area (Å²) in [7, 11) is 0. The van der Waals surface area contributed by atoms with Crippen molar-refractivity contribution in [1.29, 1.82) is 0 Å². The van der Waals surface area contributed by atoms with Gasteiger partial charge >= 0.3 is 0 Å². The molecular weight excluding hydrogens is 250 g/mol. The lowest BCUT2D eigenvalue weighted by Crippen LogP contribution is -2.03. The van der Waals surface area contributed by atoms with Gasteiger partial charge in [-0.15, -0.1) is 11.3 Å². The minimum atomic E-state index is 0.182. The van der Waals surface area contributed by atoms with Crippen molar-refractivity contribution in [2.45, 2.75) is 19.9 Å². The number of thiazole rings is 1. The summed E-state index contributed by atoms with van der Waals surface area (Å²) in [5, 5.41) is 9.00. The van der Waals surface area contributed by atoms with Gasteiger partial charge in [-0.25, -0.2) is 0 Å². The second-order valence-electron chi connectivity index (χ2n) is 3.92. The van der Waals surface area contributed by atoms with Gasteiger partial charge < -0.3 is 9.67 Å². The number of aliphatic hydroxyl groups excluding tert-OH is 1. The molecule has 90 valence electrons. The fourth-order valence-corrected chi connectivity index (χ4v) is 3.28. The van der Waals surface area contributed by atoms with Crippen LogP contribution in [0.15, 0.2) is 30.3 Å². The standard InChI is InChI=1S/C13H15NOS2/c1-10-12(7-8-15)17-13(16)14(10)9-11-5-3-2-4-6-11/h2-6,15H,7-9H2,1H3. The molecule has 4 heteroatoms. The van der Waals surface area contributed by atoms with E-state index in [9.17, 15) is 0 Å². The molecule has 1 N–H and O–H groups in total. The zero-order valence-electron chi connectivity index (χ0n) is 9.72. The third kappa shape index (κ3) is 2.83. The predicted octanol–water partition coefficient (Wildman–Crippen LogP) is 3.17. The minimum Gasteiger partial charge on any atom is -0.396 e. The van der Waals surface area contributed by atoms with E-state index >= 15 is 0 Å². The van der Waals surface area contributed by atoms with Crippen molar-refractivity contribution in [2.75, 3.05) is 6.61 Å². The highest BCUT2D eigenvalue weighted by molar-refractivity contribution is 7.73. The van der Waals surface area contributed by atoms with Gasteiger partial charge in [0, 0.05) is 30.1 Å². The van der Waals surface area contributed by atoms with Crippen LogP contribution in [0.25, 0.3) is 0 Å². The third-order valence-corrected chi connectivity index (χ3v) is 4.37. The van der Waals surface area contributed by atoms with Gasteiger partial charge in [-0.05, 0) is 24.7 Å². The Morgan fingerprint density at radius 3 is 2.65 bits per heavy atom. The summed E-state index contributed by atoms with van der Waals surface area (Å²) >= 11 is 6.98. The van der Waals surface area contributed by atoms with E-state index in [4.69, 9.17) is 17.3 Å². The summed E-state index contributed by atoms with van der Waals surface area (Å²) in [6.45, 7) is 3.06. The zero-order chi connectivity index (χ0) is 12.3. The largest absolute Gasteiger partial charge is 0.396 e. The smallest absolute Gasteiger partial charge is 0.161 e. The summed E-state index contributed by atoms with van der Waals surface area (Å²) in [6.07, 6.45) is 0.696. The van der Waals surface area contributed by atoms with Crippen LogP contribution in [0.3, 0.4) is 0 Å². The summed E-state index contributed by atoms with van der Waals surface area (Å²) in [5.74, 6) is 0. The van der Waals surface area contributed by atoms with Crippen LogP contribution in [-0.4, -0.2) is 16.3 Å². The minimum absolute atomic E-state index is 0.182. The van der Waals surface area contributed by atoms with Crippen molar-refractivity contribution in [3.63, 3.8) is 0 Å². The Morgan fingerprint density at radius 1 is 1.29 bits per heavy atom. The van der Waals surface area contributed by atoms with Crippen molar-refractivity contribution >= 4 is 23.6 Å². The molecular formula is C13H15NOS2. The molecule has 2 rings (SSSR count). The number of hydrogen-bond acceptors (Lipinski definition) is 3. The van der Waals surface area contributed by atoms with Crippen LogP contribution in [0.2, 0.25) is 0 Å². The van der Waals surface area contributed by atoms with Gasteiger partial charge in [-0.3, -0.25) is 0 Å². The Hall–Kier alpha value is -0.970. The lowest BCUT2D eigenvalue weighted by Gasteiger charge is -2.06. The van der Waals surface area contributed by atoms with E-state index in [0.29, 0.717) is 6.42 Å². The molecule has 17 heavy (non-hydrogen) atoms. The Labute approximate surface area is 110 Å². The Kier molecular flexibility index (Phi) is 4.10. The van der Waals surface area contributed by atoms with Crippen molar-refractivity contribution in [1.82, 2.24) is 4.57 Å². The molecule has 2 nitrogen and oxygen atoms in total. The highest BCUT2D eigenvalue weighted by atomic mass is 32.1. The highest BCUT2D eigenvalue weighted by Crippen LogP contribution is 2.20. The molecule has 0 aliphatic heterocycles. The van der Waals surface area contributed by atoms with Crippen LogP contribution in [0.1, 0.15) is 16.1 Å². The van der Waals surface area contributed by atoms with Crippen LogP contribution >= 0.6 is 23.6 Å². The van der Waals surface area contributed by atoms with Gasteiger partial charge in [0.25, 0.3) is 0 Å². The zero-order valence-corrected chi connectivity index (χ0v) is 11.4. The first-order valence-electron chi connectivity index (χ1n) is 5.56. The molecule has 0 fully saturated rings. The summed E-state index contributed by atoms with van der Waals surface area (Å²) in [4.78, 5) is 1.19. The quantitative estimate of drug-likeness (QED) is 0.859. The Bertz CT molecular complexity index is 542. The van der Waals surface area contributed by atoms with Crippen molar-refractivity contribution in [2.24, 2.45) is 0 Å². The molecule has 0 atom stereocenters. The monoisotopic (exact) mass is 265 g/mol. The van der Waals surface area contributed by atoms with E-state index in [2.05, 4.69) is 23.6 Å². The average molecular weight is 265 g/mol. The first-order valence-corrected chi connectivity index (χ1v) is 6.78. The van der Waals surface area contributed by atoms with Crippen LogP contribution < -0.4 is 0 Å². The molecule has 0 saturated carbocycles. The maximum absolute atomic E-state index is 9.00. The van der Waals surface area contributed by atoms with E-state index in [1.165, 1.54) is 16.1 Å². The van der Waals surface area contributed by atoms with Gasteiger partial charge in [0.15, 0.2) is 3.95 Å². The van der Waals surface area contributed by atoms with Gasteiger partial charge in [0.2, 0.25) is 0 Å². The van der Waals surface area contributed by atoms with Crippen LogP contribution in [-0.2, 0) is 13.0 Å². The van der Waals surface area contributed by atoms with Crippen molar-refractivity contribution in [3.05, 3.63) is 50.4 Å². The van der Waals surface area contributed by atoms with Crippen LogP contribution in [0.4, 0.5) is 0 Å². The normalized spacial score (nSPS) is 10.7. The Balaban J connectivity index is 2.30. The first-order chi connectivity index (χ1) is 8.22. The number of rotatable bonds is 4. The van der Waals surface area contributed by atoms with Gasteiger partial charge in [0.1, 0.15) is 0 Å². The molecule has 2 aromatic rings. The van der Waals surface area contributed by atoms with Gasteiger partial charge in [-0.1, -0.05) is 30.3 Å². The fourth-order valence-electron chi connectivity index (χ4n) is 1.80. The molecule has 0 aliphatic carbocycles. The number of nitrogens with zero attached hydrogens (tertiary/aromatic N) is 1. The number of hydrogen-bond donors (Lipinski definition) is 1. The maximum atomic E-state index is 9.00. The summed E-state index contributed by atoms with van der Waals surface area (Å²) in [6, 6.07) is 10.3. The molecule has 0 unspecified atom stereocenters. The van der Waals surface area contributed by atoms with Crippen molar-refractivity contribution in [3.8, 4) is 0 Å².